The summed E-state index contributed by atoms with van der Waals surface area (Å²) < 4.78 is 1.46. The van der Waals surface area contributed by atoms with E-state index in [0.717, 1.165) is 5.56 Å². The van der Waals surface area contributed by atoms with E-state index in [4.69, 9.17) is 23.2 Å². The number of nitrogens with zero attached hydrogens (tertiary/aromatic N) is 2. The SMILES string of the molecule is C=CCn1c(-c2ccccc2)c(Cl)nc(Cl)c1=O. The normalized spacial score (nSPS) is 10.3. The van der Waals surface area contributed by atoms with E-state index >= 15 is 0 Å². The lowest BCUT2D eigenvalue weighted by Gasteiger charge is -2.12. The molecule has 0 aliphatic carbocycles. The Morgan fingerprint density at radius 1 is 1.22 bits per heavy atom. The highest BCUT2D eigenvalue weighted by atomic mass is 35.5. The van der Waals surface area contributed by atoms with E-state index in [2.05, 4.69) is 11.6 Å². The van der Waals surface area contributed by atoms with Gasteiger partial charge in [0.1, 0.15) is 0 Å². The Labute approximate surface area is 114 Å². The maximum Gasteiger partial charge on any atom is 0.289 e. The molecule has 0 saturated heterocycles. The van der Waals surface area contributed by atoms with Crippen molar-refractivity contribution in [1.29, 1.82) is 0 Å². The van der Waals surface area contributed by atoms with Gasteiger partial charge in [0.25, 0.3) is 5.56 Å². The number of rotatable bonds is 3. The summed E-state index contributed by atoms with van der Waals surface area (Å²) in [7, 11) is 0. The molecule has 0 radical (unpaired) electrons. The molecule has 0 bridgehead atoms. The summed E-state index contributed by atoms with van der Waals surface area (Å²) in [5, 5.41) is 0.0641. The van der Waals surface area contributed by atoms with Crippen LogP contribution in [-0.2, 0) is 6.54 Å². The number of hydrogen-bond acceptors (Lipinski definition) is 2. The molecule has 0 unspecified atom stereocenters. The maximum absolute atomic E-state index is 12.0. The first-order valence-corrected chi connectivity index (χ1v) is 6.03. The van der Waals surface area contributed by atoms with E-state index in [1.807, 2.05) is 30.3 Å². The third kappa shape index (κ3) is 2.33. The molecule has 0 atom stereocenters. The highest BCUT2D eigenvalue weighted by Gasteiger charge is 2.14. The first-order valence-electron chi connectivity index (χ1n) is 5.27. The summed E-state index contributed by atoms with van der Waals surface area (Å²) in [6.07, 6.45) is 1.61. The highest BCUT2D eigenvalue weighted by molar-refractivity contribution is 6.33. The molecule has 0 amide bonds. The zero-order valence-electron chi connectivity index (χ0n) is 9.44. The predicted octanol–water partition coefficient (Wildman–Crippen LogP) is 3.40. The van der Waals surface area contributed by atoms with E-state index in [1.165, 1.54) is 4.57 Å². The fraction of sp³-hybridized carbons (Fsp3) is 0.0769. The molecular formula is C13H10Cl2N2O. The fourth-order valence-electron chi connectivity index (χ4n) is 1.69. The van der Waals surface area contributed by atoms with Crippen LogP contribution in [0.2, 0.25) is 10.3 Å². The number of halogens is 2. The monoisotopic (exact) mass is 280 g/mol. The minimum absolute atomic E-state index is 0.137. The van der Waals surface area contributed by atoms with Gasteiger partial charge in [-0.3, -0.25) is 9.36 Å². The van der Waals surface area contributed by atoms with Crippen LogP contribution in [0.5, 0.6) is 0 Å². The predicted molar refractivity (Wildman–Crippen MR) is 74.2 cm³/mol. The van der Waals surface area contributed by atoms with Crippen LogP contribution in [0, 0.1) is 0 Å². The van der Waals surface area contributed by atoms with Crippen molar-refractivity contribution in [3.8, 4) is 11.3 Å². The second-order valence-electron chi connectivity index (χ2n) is 3.61. The van der Waals surface area contributed by atoms with Gasteiger partial charge < -0.3 is 0 Å². The van der Waals surface area contributed by atoms with E-state index < -0.39 is 0 Å². The van der Waals surface area contributed by atoms with Crippen molar-refractivity contribution in [2.24, 2.45) is 0 Å². The van der Waals surface area contributed by atoms with Gasteiger partial charge in [0.05, 0.1) is 5.69 Å². The first-order chi connectivity index (χ1) is 8.65. The van der Waals surface area contributed by atoms with Crippen molar-refractivity contribution < 1.29 is 0 Å². The third-order valence-electron chi connectivity index (χ3n) is 2.44. The molecule has 0 spiro atoms. The van der Waals surface area contributed by atoms with Gasteiger partial charge in [-0.2, -0.15) is 0 Å². The minimum Gasteiger partial charge on any atom is -0.299 e. The lowest BCUT2D eigenvalue weighted by Crippen LogP contribution is -2.23. The molecule has 1 heterocycles. The van der Waals surface area contributed by atoms with Gasteiger partial charge in [0, 0.05) is 12.1 Å². The Bertz CT molecular complexity index is 635. The van der Waals surface area contributed by atoms with Crippen molar-refractivity contribution in [3.05, 3.63) is 63.6 Å². The molecular weight excluding hydrogens is 271 g/mol. The molecule has 1 aromatic heterocycles. The van der Waals surface area contributed by atoms with Gasteiger partial charge >= 0.3 is 0 Å². The molecule has 0 aliphatic rings. The van der Waals surface area contributed by atoms with Crippen LogP contribution < -0.4 is 5.56 Å². The summed E-state index contributed by atoms with van der Waals surface area (Å²) in [5.74, 6) is 0. The van der Waals surface area contributed by atoms with Gasteiger partial charge in [-0.05, 0) is 0 Å². The molecule has 0 saturated carbocycles. The summed E-state index contributed by atoms with van der Waals surface area (Å²) in [5.41, 5.74) is 0.983. The fourth-order valence-corrected chi connectivity index (χ4v) is 2.21. The first kappa shape index (κ1) is 12.9. The standard InChI is InChI=1S/C13H10Cl2N2O/c1-2-8-17-10(9-6-4-3-5-7-9)11(14)16-12(15)13(17)18/h2-7H,1,8H2. The van der Waals surface area contributed by atoms with E-state index in [0.29, 0.717) is 12.2 Å². The summed E-state index contributed by atoms with van der Waals surface area (Å²) in [6, 6.07) is 9.33. The van der Waals surface area contributed by atoms with Gasteiger partial charge in [-0.25, -0.2) is 4.98 Å². The van der Waals surface area contributed by atoms with Crippen molar-refractivity contribution in [1.82, 2.24) is 9.55 Å². The van der Waals surface area contributed by atoms with Crippen LogP contribution in [0.25, 0.3) is 11.3 Å². The Morgan fingerprint density at radius 2 is 1.89 bits per heavy atom. The zero-order valence-corrected chi connectivity index (χ0v) is 10.9. The zero-order chi connectivity index (χ0) is 13.1. The Balaban J connectivity index is 2.77. The van der Waals surface area contributed by atoms with Crippen LogP contribution in [0.4, 0.5) is 0 Å². The smallest absolute Gasteiger partial charge is 0.289 e. The third-order valence-corrected chi connectivity index (χ3v) is 2.95. The Hall–Kier alpha value is -1.58. The van der Waals surface area contributed by atoms with Crippen LogP contribution in [0.3, 0.4) is 0 Å². The number of aromatic nitrogens is 2. The van der Waals surface area contributed by atoms with Crippen LogP contribution in [-0.4, -0.2) is 9.55 Å². The van der Waals surface area contributed by atoms with Gasteiger partial charge in [0.15, 0.2) is 10.3 Å². The molecule has 3 nitrogen and oxygen atoms in total. The number of hydrogen-bond donors (Lipinski definition) is 0. The molecule has 0 fully saturated rings. The van der Waals surface area contributed by atoms with E-state index in [1.54, 1.807) is 6.08 Å². The van der Waals surface area contributed by atoms with Crippen molar-refractivity contribution in [2.75, 3.05) is 0 Å². The summed E-state index contributed by atoms with van der Waals surface area (Å²) in [6.45, 7) is 3.95. The largest absolute Gasteiger partial charge is 0.299 e. The van der Waals surface area contributed by atoms with E-state index in [-0.39, 0.29) is 15.9 Å². The molecule has 2 aromatic rings. The summed E-state index contributed by atoms with van der Waals surface area (Å²) >= 11 is 11.8. The topological polar surface area (TPSA) is 34.9 Å². The molecule has 92 valence electrons. The molecule has 2 rings (SSSR count). The molecule has 0 N–H and O–H groups in total. The molecule has 0 aliphatic heterocycles. The molecule has 18 heavy (non-hydrogen) atoms. The van der Waals surface area contributed by atoms with Crippen LogP contribution in [0.15, 0.2) is 47.8 Å². The second kappa shape index (κ2) is 5.38. The van der Waals surface area contributed by atoms with Crippen LogP contribution >= 0.6 is 23.2 Å². The van der Waals surface area contributed by atoms with Gasteiger partial charge in [-0.15, -0.1) is 6.58 Å². The quantitative estimate of drug-likeness (QED) is 0.808. The molecule has 5 heteroatoms. The van der Waals surface area contributed by atoms with Gasteiger partial charge in [0.2, 0.25) is 0 Å². The Morgan fingerprint density at radius 3 is 2.50 bits per heavy atom. The van der Waals surface area contributed by atoms with Gasteiger partial charge in [-0.1, -0.05) is 59.6 Å². The van der Waals surface area contributed by atoms with Crippen molar-refractivity contribution >= 4 is 23.2 Å². The lowest BCUT2D eigenvalue weighted by atomic mass is 10.1. The molecule has 1 aromatic carbocycles. The maximum atomic E-state index is 12.0. The minimum atomic E-state index is -0.375. The second-order valence-corrected chi connectivity index (χ2v) is 4.33. The summed E-state index contributed by atoms with van der Waals surface area (Å²) in [4.78, 5) is 15.8. The van der Waals surface area contributed by atoms with Crippen LogP contribution in [0.1, 0.15) is 0 Å². The van der Waals surface area contributed by atoms with Crippen molar-refractivity contribution in [3.63, 3.8) is 0 Å². The average Bonchev–Trinajstić information content (AvgIpc) is 2.37. The number of allylic oxidation sites excluding steroid dienone is 1. The van der Waals surface area contributed by atoms with E-state index in [9.17, 15) is 4.79 Å². The van der Waals surface area contributed by atoms with Crippen molar-refractivity contribution in [2.45, 2.75) is 6.54 Å². The lowest BCUT2D eigenvalue weighted by molar-refractivity contribution is 0.778. The number of benzene rings is 1. The highest BCUT2D eigenvalue weighted by Crippen LogP contribution is 2.25. The Kier molecular flexibility index (Phi) is 3.84. The average molecular weight is 281 g/mol.